The maximum atomic E-state index is 13.4. The van der Waals surface area contributed by atoms with Crippen LogP contribution in [0.2, 0.25) is 0 Å². The average molecular weight is 492 g/mol. The minimum Gasteiger partial charge on any atom is -0.496 e. The second-order valence-corrected chi connectivity index (χ2v) is 14.5. The number of rotatable bonds is 2. The number of hydrogen-bond donors (Lipinski definition) is 0. The van der Waals surface area contributed by atoms with Crippen LogP contribution < -0.4 is 4.74 Å². The summed E-state index contributed by atoms with van der Waals surface area (Å²) in [4.78, 5) is 15.2. The number of amides is 1. The molecule has 0 spiro atoms. The minimum absolute atomic E-state index is 0.0782. The Kier molecular flexibility index (Phi) is 5.65. The van der Waals surface area contributed by atoms with Crippen molar-refractivity contribution in [3.8, 4) is 5.75 Å². The van der Waals surface area contributed by atoms with Gasteiger partial charge in [0.1, 0.15) is 5.75 Å². The van der Waals surface area contributed by atoms with Gasteiger partial charge in [0.05, 0.1) is 7.11 Å². The van der Waals surface area contributed by atoms with Crippen molar-refractivity contribution < 1.29 is 9.53 Å². The van der Waals surface area contributed by atoms with Gasteiger partial charge in [-0.1, -0.05) is 52.3 Å². The largest absolute Gasteiger partial charge is 0.496 e. The minimum atomic E-state index is -0.242. The fourth-order valence-electron chi connectivity index (χ4n) is 9.92. The van der Waals surface area contributed by atoms with Crippen molar-refractivity contribution in [2.75, 3.05) is 21.2 Å². The highest BCUT2D eigenvalue weighted by atomic mass is 16.5. The van der Waals surface area contributed by atoms with E-state index >= 15 is 0 Å². The number of carbonyl (C=O) groups excluding carboxylic acids is 1. The molecule has 0 heterocycles. The van der Waals surface area contributed by atoms with E-state index in [1.807, 2.05) is 19.0 Å². The molecule has 0 saturated heterocycles. The van der Waals surface area contributed by atoms with E-state index in [1.54, 1.807) is 18.2 Å². The Morgan fingerprint density at radius 3 is 2.28 bits per heavy atom. The van der Waals surface area contributed by atoms with Crippen molar-refractivity contribution in [2.45, 2.75) is 105 Å². The van der Waals surface area contributed by atoms with Gasteiger partial charge >= 0.3 is 0 Å². The number of nitrogens with zero attached hydrogens (tertiary/aromatic N) is 1. The van der Waals surface area contributed by atoms with Gasteiger partial charge in [0, 0.05) is 24.9 Å². The van der Waals surface area contributed by atoms with Crippen molar-refractivity contribution >= 4 is 5.91 Å². The quantitative estimate of drug-likeness (QED) is 0.400. The lowest BCUT2D eigenvalue weighted by Gasteiger charge is -2.70. The van der Waals surface area contributed by atoms with Gasteiger partial charge in [0.15, 0.2) is 0 Å². The first-order valence-electron chi connectivity index (χ1n) is 14.3. The molecule has 3 heteroatoms. The molecule has 0 bridgehead atoms. The van der Waals surface area contributed by atoms with E-state index in [0.29, 0.717) is 17.2 Å². The SMILES string of the molecule is COc1c(C)cc2c(c1C)CC=C1[C@@]2(C)CC[C@@]2(C)[C@@H]3C[C@](C)(C(=O)N(C)C)CC[C@]3(C)CC[C@]12C. The molecule has 0 unspecified atom stereocenters. The number of benzene rings is 1. The topological polar surface area (TPSA) is 29.5 Å². The Morgan fingerprint density at radius 1 is 0.972 bits per heavy atom. The van der Waals surface area contributed by atoms with Crippen molar-refractivity contribution in [2.24, 2.45) is 27.6 Å². The summed E-state index contributed by atoms with van der Waals surface area (Å²) >= 11 is 0. The fraction of sp³-hybridized carbons (Fsp3) is 0.727. The third-order valence-corrected chi connectivity index (χ3v) is 12.4. The normalized spacial score (nSPS) is 41.3. The Labute approximate surface area is 220 Å². The molecule has 4 aliphatic carbocycles. The molecule has 6 atom stereocenters. The van der Waals surface area contributed by atoms with Crippen molar-refractivity contribution in [1.29, 1.82) is 0 Å². The maximum Gasteiger partial charge on any atom is 0.227 e. The molecule has 3 fully saturated rings. The molecule has 3 saturated carbocycles. The van der Waals surface area contributed by atoms with Crippen molar-refractivity contribution in [3.05, 3.63) is 40.0 Å². The number of hydrogen-bond acceptors (Lipinski definition) is 2. The van der Waals surface area contributed by atoms with Crippen LogP contribution in [0.15, 0.2) is 17.7 Å². The summed E-state index contributed by atoms with van der Waals surface area (Å²) in [6.07, 6.45) is 11.8. The first kappa shape index (κ1) is 25.9. The Morgan fingerprint density at radius 2 is 1.64 bits per heavy atom. The third kappa shape index (κ3) is 3.13. The van der Waals surface area contributed by atoms with Gasteiger partial charge in [0.25, 0.3) is 0 Å². The first-order valence-corrected chi connectivity index (χ1v) is 14.3. The summed E-state index contributed by atoms with van der Waals surface area (Å²) in [7, 11) is 5.67. The highest BCUT2D eigenvalue weighted by Gasteiger charge is 2.67. The van der Waals surface area contributed by atoms with E-state index < -0.39 is 0 Å². The zero-order valence-electron chi connectivity index (χ0n) is 24.7. The van der Waals surface area contributed by atoms with Crippen LogP contribution in [0.3, 0.4) is 0 Å². The van der Waals surface area contributed by atoms with Gasteiger partial charge in [0.2, 0.25) is 5.91 Å². The zero-order chi connectivity index (χ0) is 26.5. The van der Waals surface area contributed by atoms with Crippen LogP contribution in [0, 0.1) is 41.4 Å². The number of methoxy groups -OCH3 is 1. The molecule has 4 aliphatic rings. The molecule has 1 aromatic carbocycles. The highest BCUT2D eigenvalue weighted by Crippen LogP contribution is 2.74. The molecule has 0 N–H and O–H groups in total. The molecule has 1 aromatic rings. The lowest BCUT2D eigenvalue weighted by atomic mass is 9.34. The zero-order valence-corrected chi connectivity index (χ0v) is 24.7. The molecule has 1 amide bonds. The molecule has 0 aromatic heterocycles. The maximum absolute atomic E-state index is 13.4. The number of aryl methyl sites for hydroxylation is 1. The van der Waals surface area contributed by atoms with E-state index in [-0.39, 0.29) is 21.7 Å². The lowest BCUT2D eigenvalue weighted by Crippen LogP contribution is -2.63. The third-order valence-electron chi connectivity index (χ3n) is 12.4. The number of allylic oxidation sites excluding steroid dienone is 2. The van der Waals surface area contributed by atoms with E-state index in [2.05, 4.69) is 60.6 Å². The summed E-state index contributed by atoms with van der Waals surface area (Å²) in [6, 6.07) is 2.44. The predicted octanol–water partition coefficient (Wildman–Crippen LogP) is 7.55. The molecule has 3 nitrogen and oxygen atoms in total. The van der Waals surface area contributed by atoms with Gasteiger partial charge < -0.3 is 9.64 Å². The lowest BCUT2D eigenvalue weighted by molar-refractivity contribution is -0.171. The van der Waals surface area contributed by atoms with E-state index in [4.69, 9.17) is 4.74 Å². The number of carbonyl (C=O) groups is 1. The molecule has 5 rings (SSSR count). The average Bonchev–Trinajstić information content (AvgIpc) is 2.82. The van der Waals surface area contributed by atoms with E-state index in [1.165, 1.54) is 48.8 Å². The molecular formula is C33H49NO2. The molecule has 0 radical (unpaired) electrons. The first-order chi connectivity index (χ1) is 16.7. The number of fused-ring (bicyclic) bond motifs is 7. The van der Waals surface area contributed by atoms with E-state index in [9.17, 15) is 4.79 Å². The fourth-order valence-corrected chi connectivity index (χ4v) is 9.92. The Balaban J connectivity index is 1.60. The van der Waals surface area contributed by atoms with Gasteiger partial charge in [-0.3, -0.25) is 4.79 Å². The second kappa shape index (κ2) is 7.87. The summed E-state index contributed by atoms with van der Waals surface area (Å²) in [5.41, 5.74) is 7.83. The van der Waals surface area contributed by atoms with Crippen LogP contribution in [0.1, 0.15) is 102 Å². The van der Waals surface area contributed by atoms with Crippen LogP contribution in [0.5, 0.6) is 5.75 Å². The standard InChI is InChI=1S/C33H49NO2/c1-21-19-24-23(22(2)27(21)36-10)11-12-25-31(24,5)16-18-33(7)26-20-30(4,28(35)34(8)9)14-13-29(26,3)15-17-32(25,33)6/h12,19,26H,11,13-18,20H2,1-10H3/t26-,29-,30-,31+,32-,33+/m1/s1. The summed E-state index contributed by atoms with van der Waals surface area (Å²) < 4.78 is 5.81. The van der Waals surface area contributed by atoms with Crippen LogP contribution in [-0.2, 0) is 16.6 Å². The van der Waals surface area contributed by atoms with Crippen LogP contribution in [0.25, 0.3) is 0 Å². The molecule has 198 valence electrons. The summed E-state index contributed by atoms with van der Waals surface area (Å²) in [5, 5.41) is 0. The van der Waals surface area contributed by atoms with Gasteiger partial charge in [-0.15, -0.1) is 0 Å². The molecule has 36 heavy (non-hydrogen) atoms. The van der Waals surface area contributed by atoms with Gasteiger partial charge in [-0.2, -0.15) is 0 Å². The summed E-state index contributed by atoms with van der Waals surface area (Å²) in [6.45, 7) is 17.0. The predicted molar refractivity (Wildman–Crippen MR) is 149 cm³/mol. The van der Waals surface area contributed by atoms with Crippen LogP contribution >= 0.6 is 0 Å². The van der Waals surface area contributed by atoms with Crippen molar-refractivity contribution in [3.63, 3.8) is 0 Å². The van der Waals surface area contributed by atoms with Gasteiger partial charge in [-0.05, 0) is 110 Å². The molecular weight excluding hydrogens is 442 g/mol. The highest BCUT2D eigenvalue weighted by molar-refractivity contribution is 5.82. The van der Waals surface area contributed by atoms with Crippen molar-refractivity contribution in [1.82, 2.24) is 4.90 Å². The van der Waals surface area contributed by atoms with Crippen LogP contribution in [-0.4, -0.2) is 32.0 Å². The van der Waals surface area contributed by atoms with E-state index in [0.717, 1.165) is 25.0 Å². The monoisotopic (exact) mass is 491 g/mol. The second-order valence-electron chi connectivity index (χ2n) is 14.5. The Hall–Kier alpha value is -1.77. The Bertz CT molecular complexity index is 1150. The number of ether oxygens (including phenoxy) is 1. The smallest absolute Gasteiger partial charge is 0.227 e. The molecule has 0 aliphatic heterocycles. The van der Waals surface area contributed by atoms with Gasteiger partial charge in [-0.25, -0.2) is 0 Å². The van der Waals surface area contributed by atoms with Crippen LogP contribution in [0.4, 0.5) is 0 Å². The summed E-state index contributed by atoms with van der Waals surface area (Å²) in [5.74, 6) is 1.95.